The first-order chi connectivity index (χ1) is 12.2. The fourth-order valence-electron chi connectivity index (χ4n) is 2.48. The number of aryl methyl sites for hydroxylation is 2. The van der Waals surface area contributed by atoms with Crippen LogP contribution in [0.1, 0.15) is 16.3 Å². The van der Waals surface area contributed by atoms with Gasteiger partial charge in [0.05, 0.1) is 24.2 Å². The van der Waals surface area contributed by atoms with E-state index in [0.717, 1.165) is 35.0 Å². The van der Waals surface area contributed by atoms with E-state index in [0.29, 0.717) is 0 Å². The molecular formula is C20H20N2O2S. The number of nitrogens with zero attached hydrogens (tertiary/aromatic N) is 1. The van der Waals surface area contributed by atoms with E-state index in [1.54, 1.807) is 18.4 Å². The normalized spacial score (nSPS) is 10.4. The molecule has 0 aliphatic carbocycles. The topological polar surface area (TPSA) is 51.2 Å². The highest BCUT2D eigenvalue weighted by molar-refractivity contribution is 7.09. The third kappa shape index (κ3) is 5.16. The molecular weight excluding hydrogens is 332 g/mol. The summed E-state index contributed by atoms with van der Waals surface area (Å²) in [6.07, 6.45) is 2.15. The molecule has 3 rings (SSSR count). The lowest BCUT2D eigenvalue weighted by Crippen LogP contribution is -2.14. The van der Waals surface area contributed by atoms with Gasteiger partial charge in [0.15, 0.2) is 0 Å². The first-order valence-electron chi connectivity index (χ1n) is 8.14. The molecule has 4 nitrogen and oxygen atoms in total. The molecule has 128 valence electrons. The number of hydrogen-bond donors (Lipinski definition) is 1. The Bertz CT molecular complexity index is 813. The number of carbonyl (C=O) groups is 1. The lowest BCUT2D eigenvalue weighted by atomic mass is 10.1. The minimum absolute atomic E-state index is 0.0647. The summed E-state index contributed by atoms with van der Waals surface area (Å²) in [6, 6.07) is 17.6. The van der Waals surface area contributed by atoms with E-state index in [1.807, 2.05) is 47.8 Å². The van der Waals surface area contributed by atoms with Crippen molar-refractivity contribution in [2.45, 2.75) is 19.3 Å². The second kappa shape index (κ2) is 8.44. The maximum absolute atomic E-state index is 12.1. The zero-order valence-corrected chi connectivity index (χ0v) is 14.9. The number of ether oxygens (including phenoxy) is 1. The highest BCUT2D eigenvalue weighted by atomic mass is 32.1. The monoisotopic (exact) mass is 352 g/mol. The molecule has 0 aliphatic rings. The number of methoxy groups -OCH3 is 1. The second-order valence-corrected chi connectivity index (χ2v) is 6.61. The number of carbonyl (C=O) groups excluding carboxylic acids is 1. The van der Waals surface area contributed by atoms with Crippen LogP contribution < -0.4 is 10.1 Å². The van der Waals surface area contributed by atoms with E-state index in [-0.39, 0.29) is 12.3 Å². The van der Waals surface area contributed by atoms with Crippen molar-refractivity contribution in [3.63, 3.8) is 0 Å². The predicted octanol–water partition coefficient (Wildman–Crippen LogP) is 4.12. The lowest BCUT2D eigenvalue weighted by Gasteiger charge is -2.05. The van der Waals surface area contributed by atoms with Crippen LogP contribution in [0.2, 0.25) is 0 Å². The van der Waals surface area contributed by atoms with E-state index in [1.165, 1.54) is 5.56 Å². The predicted molar refractivity (Wildman–Crippen MR) is 101 cm³/mol. The van der Waals surface area contributed by atoms with Crippen LogP contribution in [-0.4, -0.2) is 18.0 Å². The lowest BCUT2D eigenvalue weighted by molar-refractivity contribution is -0.115. The fraction of sp³-hybridized carbons (Fsp3) is 0.200. The Morgan fingerprint density at radius 2 is 1.84 bits per heavy atom. The van der Waals surface area contributed by atoms with Gasteiger partial charge in [-0.3, -0.25) is 4.79 Å². The average Bonchev–Trinajstić information content (AvgIpc) is 3.08. The molecule has 0 saturated carbocycles. The van der Waals surface area contributed by atoms with Crippen molar-refractivity contribution in [3.8, 4) is 5.75 Å². The van der Waals surface area contributed by atoms with Gasteiger partial charge in [-0.05, 0) is 36.2 Å². The van der Waals surface area contributed by atoms with Crippen molar-refractivity contribution in [1.82, 2.24) is 4.98 Å². The van der Waals surface area contributed by atoms with Crippen LogP contribution in [0.4, 0.5) is 5.69 Å². The molecule has 1 N–H and O–H groups in total. The highest BCUT2D eigenvalue weighted by Crippen LogP contribution is 2.17. The summed E-state index contributed by atoms with van der Waals surface area (Å²) >= 11 is 1.61. The van der Waals surface area contributed by atoms with Crippen molar-refractivity contribution < 1.29 is 9.53 Å². The standard InChI is InChI=1S/C20H20N2O2S/c1-24-18-10-8-16(9-11-18)21-19(23)13-17-14-25-20(22-17)12-7-15-5-3-2-4-6-15/h2-6,8-11,14H,7,12-13H2,1H3,(H,21,23). The molecule has 1 aromatic heterocycles. The summed E-state index contributed by atoms with van der Waals surface area (Å²) in [5.74, 6) is 0.700. The average molecular weight is 352 g/mol. The van der Waals surface area contributed by atoms with Crippen molar-refractivity contribution in [2.75, 3.05) is 12.4 Å². The highest BCUT2D eigenvalue weighted by Gasteiger charge is 2.08. The van der Waals surface area contributed by atoms with Crippen LogP contribution in [0, 0.1) is 0 Å². The maximum atomic E-state index is 12.1. The van der Waals surface area contributed by atoms with Gasteiger partial charge in [-0.2, -0.15) is 0 Å². The van der Waals surface area contributed by atoms with Gasteiger partial charge in [0.25, 0.3) is 0 Å². The van der Waals surface area contributed by atoms with Crippen LogP contribution in [0.25, 0.3) is 0 Å². The number of thiazole rings is 1. The molecule has 5 heteroatoms. The summed E-state index contributed by atoms with van der Waals surface area (Å²) in [6.45, 7) is 0. The molecule has 1 amide bonds. The van der Waals surface area contributed by atoms with Crippen molar-refractivity contribution in [3.05, 3.63) is 76.2 Å². The zero-order chi connectivity index (χ0) is 17.5. The number of anilines is 1. The fourth-order valence-corrected chi connectivity index (χ4v) is 3.28. The molecule has 0 atom stereocenters. The number of nitrogens with one attached hydrogen (secondary N) is 1. The van der Waals surface area contributed by atoms with Gasteiger partial charge in [0.2, 0.25) is 5.91 Å². The Kier molecular flexibility index (Phi) is 5.80. The van der Waals surface area contributed by atoms with Gasteiger partial charge in [0.1, 0.15) is 5.75 Å². The summed E-state index contributed by atoms with van der Waals surface area (Å²) < 4.78 is 5.11. The number of amides is 1. The quantitative estimate of drug-likeness (QED) is 0.696. The number of aromatic nitrogens is 1. The van der Waals surface area contributed by atoms with Gasteiger partial charge >= 0.3 is 0 Å². The Hall–Kier alpha value is -2.66. The van der Waals surface area contributed by atoms with Crippen LogP contribution >= 0.6 is 11.3 Å². The number of rotatable bonds is 7. The van der Waals surface area contributed by atoms with E-state index in [2.05, 4.69) is 22.4 Å². The van der Waals surface area contributed by atoms with E-state index < -0.39 is 0 Å². The Labute approximate surface area is 151 Å². The van der Waals surface area contributed by atoms with Crippen molar-refractivity contribution >= 4 is 22.9 Å². The molecule has 0 bridgehead atoms. The SMILES string of the molecule is COc1ccc(NC(=O)Cc2csc(CCc3ccccc3)n2)cc1. The van der Waals surface area contributed by atoms with Crippen molar-refractivity contribution in [1.29, 1.82) is 0 Å². The minimum Gasteiger partial charge on any atom is -0.497 e. The Morgan fingerprint density at radius 1 is 1.08 bits per heavy atom. The van der Waals surface area contributed by atoms with Gasteiger partial charge in [-0.1, -0.05) is 30.3 Å². The molecule has 0 spiro atoms. The van der Waals surface area contributed by atoms with Gasteiger partial charge < -0.3 is 10.1 Å². The first kappa shape index (κ1) is 17.2. The number of hydrogen-bond acceptors (Lipinski definition) is 4. The third-order valence-corrected chi connectivity index (χ3v) is 4.74. The Balaban J connectivity index is 1.50. The van der Waals surface area contributed by atoms with Gasteiger partial charge in [0, 0.05) is 17.5 Å². The molecule has 0 fully saturated rings. The third-order valence-electron chi connectivity index (χ3n) is 3.79. The summed E-state index contributed by atoms with van der Waals surface area (Å²) in [7, 11) is 1.62. The molecule has 0 saturated heterocycles. The van der Waals surface area contributed by atoms with Gasteiger partial charge in [-0.25, -0.2) is 4.98 Å². The molecule has 0 radical (unpaired) electrons. The maximum Gasteiger partial charge on any atom is 0.230 e. The van der Waals surface area contributed by atoms with Crippen LogP contribution in [0.5, 0.6) is 5.75 Å². The second-order valence-electron chi connectivity index (χ2n) is 5.67. The molecule has 25 heavy (non-hydrogen) atoms. The molecule has 2 aromatic carbocycles. The molecule has 3 aromatic rings. The Morgan fingerprint density at radius 3 is 2.56 bits per heavy atom. The smallest absolute Gasteiger partial charge is 0.230 e. The van der Waals surface area contributed by atoms with E-state index >= 15 is 0 Å². The van der Waals surface area contributed by atoms with E-state index in [4.69, 9.17) is 4.74 Å². The first-order valence-corrected chi connectivity index (χ1v) is 9.02. The largest absolute Gasteiger partial charge is 0.497 e. The van der Waals surface area contributed by atoms with Gasteiger partial charge in [-0.15, -0.1) is 11.3 Å². The van der Waals surface area contributed by atoms with E-state index in [9.17, 15) is 4.79 Å². The minimum atomic E-state index is -0.0647. The summed E-state index contributed by atoms with van der Waals surface area (Å²) in [4.78, 5) is 16.7. The molecule has 0 unspecified atom stereocenters. The van der Waals surface area contributed by atoms with Crippen LogP contribution in [-0.2, 0) is 24.1 Å². The molecule has 1 heterocycles. The summed E-state index contributed by atoms with van der Waals surface area (Å²) in [5, 5.41) is 5.91. The van der Waals surface area contributed by atoms with Crippen LogP contribution in [0.15, 0.2) is 60.0 Å². The zero-order valence-electron chi connectivity index (χ0n) is 14.1. The van der Waals surface area contributed by atoms with Crippen LogP contribution in [0.3, 0.4) is 0 Å². The molecule has 0 aliphatic heterocycles. The summed E-state index contributed by atoms with van der Waals surface area (Å²) in [5.41, 5.74) is 2.88. The van der Waals surface area contributed by atoms with Crippen molar-refractivity contribution in [2.24, 2.45) is 0 Å². The number of benzene rings is 2.